The highest BCUT2D eigenvalue weighted by molar-refractivity contribution is 5.91. The van der Waals surface area contributed by atoms with Crippen LogP contribution >= 0.6 is 0 Å². The molecule has 1 heterocycles. The van der Waals surface area contributed by atoms with Crippen LogP contribution in [0.2, 0.25) is 0 Å². The molecule has 0 saturated carbocycles. The second-order valence-corrected chi connectivity index (χ2v) is 5.12. The third kappa shape index (κ3) is 3.23. The molecule has 0 bridgehead atoms. The van der Waals surface area contributed by atoms with E-state index in [1.165, 1.54) is 4.68 Å². The summed E-state index contributed by atoms with van der Waals surface area (Å²) in [6.45, 7) is 3.63. The van der Waals surface area contributed by atoms with Gasteiger partial charge in [0.1, 0.15) is 11.4 Å². The minimum atomic E-state index is -0.320. The number of carbonyl (C=O) groups is 1. The van der Waals surface area contributed by atoms with Gasteiger partial charge in [-0.05, 0) is 38.1 Å². The Labute approximate surface area is 134 Å². The van der Waals surface area contributed by atoms with Gasteiger partial charge in [0.05, 0.1) is 5.69 Å². The zero-order valence-corrected chi connectivity index (χ0v) is 13.0. The summed E-state index contributed by atoms with van der Waals surface area (Å²) < 4.78 is 7.18. The molecular weight excluding hydrogens is 290 g/mol. The van der Waals surface area contributed by atoms with Gasteiger partial charge in [-0.2, -0.15) is 9.78 Å². The average molecular weight is 307 g/mol. The Hall–Kier alpha value is -3.08. The van der Waals surface area contributed by atoms with Gasteiger partial charge >= 0.3 is 6.03 Å². The van der Waals surface area contributed by atoms with Crippen LogP contribution in [0, 0.1) is 13.8 Å². The van der Waals surface area contributed by atoms with E-state index < -0.39 is 0 Å². The van der Waals surface area contributed by atoms with Crippen LogP contribution in [-0.2, 0) is 0 Å². The molecule has 0 saturated heterocycles. The van der Waals surface area contributed by atoms with Gasteiger partial charge in [0.25, 0.3) is 0 Å². The van der Waals surface area contributed by atoms with E-state index in [4.69, 9.17) is 4.74 Å². The molecule has 3 aromatic rings. The molecule has 0 aliphatic rings. The Morgan fingerprint density at radius 3 is 2.26 bits per heavy atom. The van der Waals surface area contributed by atoms with Crippen LogP contribution < -0.4 is 10.1 Å². The van der Waals surface area contributed by atoms with Crippen molar-refractivity contribution in [1.29, 1.82) is 0 Å². The largest absolute Gasteiger partial charge is 0.453 e. The topological polar surface area (TPSA) is 56.2 Å². The molecule has 0 atom stereocenters. The number of hydrogen-bond donors (Lipinski definition) is 1. The number of nitrogens with one attached hydrogen (secondary N) is 1. The van der Waals surface area contributed by atoms with Crippen LogP contribution in [0.25, 0.3) is 0 Å². The highest BCUT2D eigenvalue weighted by Gasteiger charge is 2.18. The number of anilines is 1. The Morgan fingerprint density at radius 1 is 1.00 bits per heavy atom. The number of ether oxygens (including phenoxy) is 1. The first kappa shape index (κ1) is 14.8. The second-order valence-electron chi connectivity index (χ2n) is 5.12. The molecule has 1 N–H and O–H groups in total. The van der Waals surface area contributed by atoms with E-state index >= 15 is 0 Å². The summed E-state index contributed by atoms with van der Waals surface area (Å²) in [5.74, 6) is 1.31. The van der Waals surface area contributed by atoms with Crippen LogP contribution in [0.1, 0.15) is 11.4 Å². The highest BCUT2D eigenvalue weighted by Crippen LogP contribution is 2.28. The zero-order chi connectivity index (χ0) is 16.2. The maximum atomic E-state index is 12.4. The lowest BCUT2D eigenvalue weighted by Crippen LogP contribution is -2.21. The second kappa shape index (κ2) is 6.36. The van der Waals surface area contributed by atoms with Gasteiger partial charge in [0.15, 0.2) is 5.75 Å². The summed E-state index contributed by atoms with van der Waals surface area (Å²) in [6.07, 6.45) is 0. The summed E-state index contributed by atoms with van der Waals surface area (Å²) in [4.78, 5) is 12.4. The Bertz CT molecular complexity index is 811. The number of nitrogens with zero attached hydrogens (tertiary/aromatic N) is 2. The highest BCUT2D eigenvalue weighted by atomic mass is 16.5. The van der Waals surface area contributed by atoms with E-state index in [1.54, 1.807) is 0 Å². The first-order valence-electron chi connectivity index (χ1n) is 7.30. The summed E-state index contributed by atoms with van der Waals surface area (Å²) >= 11 is 0. The first-order chi connectivity index (χ1) is 11.1. The van der Waals surface area contributed by atoms with Crippen molar-refractivity contribution in [2.24, 2.45) is 0 Å². The number of benzene rings is 2. The van der Waals surface area contributed by atoms with Crippen LogP contribution in [0.3, 0.4) is 0 Å². The lowest BCUT2D eigenvalue weighted by atomic mass is 10.3. The van der Waals surface area contributed by atoms with Crippen molar-refractivity contribution in [2.45, 2.75) is 13.8 Å². The Balaban J connectivity index is 1.84. The van der Waals surface area contributed by atoms with E-state index in [0.29, 0.717) is 22.9 Å². The van der Waals surface area contributed by atoms with Gasteiger partial charge < -0.3 is 10.1 Å². The van der Waals surface area contributed by atoms with Crippen molar-refractivity contribution in [3.05, 3.63) is 72.1 Å². The minimum Gasteiger partial charge on any atom is -0.453 e. The Morgan fingerprint density at radius 2 is 1.61 bits per heavy atom. The molecule has 0 spiro atoms. The third-order valence-electron chi connectivity index (χ3n) is 3.41. The SMILES string of the molecule is Cc1nn(C(=O)Nc2ccccc2)c(C)c1Oc1ccccc1. The molecule has 0 radical (unpaired) electrons. The van der Waals surface area contributed by atoms with E-state index in [2.05, 4.69) is 10.4 Å². The molecule has 5 heteroatoms. The number of amides is 1. The molecule has 1 amide bonds. The number of para-hydroxylation sites is 2. The van der Waals surface area contributed by atoms with Crippen LogP contribution in [-0.4, -0.2) is 15.8 Å². The summed E-state index contributed by atoms with van der Waals surface area (Å²) in [5, 5.41) is 7.09. The van der Waals surface area contributed by atoms with Crippen molar-refractivity contribution in [1.82, 2.24) is 9.78 Å². The van der Waals surface area contributed by atoms with Gasteiger partial charge in [-0.1, -0.05) is 36.4 Å². The number of aryl methyl sites for hydroxylation is 1. The fraction of sp³-hybridized carbons (Fsp3) is 0.111. The standard InChI is InChI=1S/C18H17N3O2/c1-13-17(23-16-11-7-4-8-12-16)14(2)21(20-13)18(22)19-15-9-5-3-6-10-15/h3-12H,1-2H3,(H,19,22). The van der Waals surface area contributed by atoms with Crippen molar-refractivity contribution in [2.75, 3.05) is 5.32 Å². The molecule has 5 nitrogen and oxygen atoms in total. The number of hydrogen-bond acceptors (Lipinski definition) is 3. The maximum Gasteiger partial charge on any atom is 0.346 e. The molecule has 0 aliphatic carbocycles. The quantitative estimate of drug-likeness (QED) is 0.781. The number of carbonyl (C=O) groups excluding carboxylic acids is 1. The fourth-order valence-electron chi connectivity index (χ4n) is 2.28. The molecular formula is C18H17N3O2. The number of aromatic nitrogens is 2. The fourth-order valence-corrected chi connectivity index (χ4v) is 2.28. The van der Waals surface area contributed by atoms with Crippen LogP contribution in [0.15, 0.2) is 60.7 Å². The molecule has 23 heavy (non-hydrogen) atoms. The number of rotatable bonds is 3. The Kier molecular flexibility index (Phi) is 4.10. The summed E-state index contributed by atoms with van der Waals surface area (Å²) in [5.41, 5.74) is 2.03. The average Bonchev–Trinajstić information content (AvgIpc) is 2.85. The molecule has 0 fully saturated rings. The van der Waals surface area contributed by atoms with Gasteiger partial charge in [-0.25, -0.2) is 4.79 Å². The van der Waals surface area contributed by atoms with Crippen LogP contribution in [0.5, 0.6) is 11.5 Å². The zero-order valence-electron chi connectivity index (χ0n) is 13.0. The summed E-state index contributed by atoms with van der Waals surface area (Å²) in [7, 11) is 0. The minimum absolute atomic E-state index is 0.320. The van der Waals surface area contributed by atoms with Crippen molar-refractivity contribution >= 4 is 11.7 Å². The van der Waals surface area contributed by atoms with Gasteiger partial charge in [-0.3, -0.25) is 0 Å². The molecule has 116 valence electrons. The van der Waals surface area contributed by atoms with E-state index in [9.17, 15) is 4.79 Å². The lowest BCUT2D eigenvalue weighted by molar-refractivity contribution is 0.250. The first-order valence-corrected chi connectivity index (χ1v) is 7.30. The predicted molar refractivity (Wildman–Crippen MR) is 89.1 cm³/mol. The summed E-state index contributed by atoms with van der Waals surface area (Å²) in [6, 6.07) is 18.4. The predicted octanol–water partition coefficient (Wildman–Crippen LogP) is 4.37. The van der Waals surface area contributed by atoms with Gasteiger partial charge in [-0.15, -0.1) is 0 Å². The van der Waals surface area contributed by atoms with Crippen molar-refractivity contribution in [3.63, 3.8) is 0 Å². The normalized spacial score (nSPS) is 10.3. The molecule has 3 rings (SSSR count). The van der Waals surface area contributed by atoms with Gasteiger partial charge in [0.2, 0.25) is 0 Å². The molecule has 2 aromatic carbocycles. The van der Waals surface area contributed by atoms with Gasteiger partial charge in [0, 0.05) is 5.69 Å². The van der Waals surface area contributed by atoms with E-state index in [1.807, 2.05) is 74.5 Å². The maximum absolute atomic E-state index is 12.4. The van der Waals surface area contributed by atoms with Crippen LogP contribution in [0.4, 0.5) is 10.5 Å². The molecule has 0 aliphatic heterocycles. The monoisotopic (exact) mass is 307 g/mol. The van der Waals surface area contributed by atoms with E-state index in [-0.39, 0.29) is 6.03 Å². The smallest absolute Gasteiger partial charge is 0.346 e. The van der Waals surface area contributed by atoms with Crippen molar-refractivity contribution < 1.29 is 9.53 Å². The molecule has 0 unspecified atom stereocenters. The van der Waals surface area contributed by atoms with Crippen molar-refractivity contribution in [3.8, 4) is 11.5 Å². The van der Waals surface area contributed by atoms with E-state index in [0.717, 1.165) is 5.69 Å². The lowest BCUT2D eigenvalue weighted by Gasteiger charge is -2.07. The molecule has 1 aromatic heterocycles. The third-order valence-corrected chi connectivity index (χ3v) is 3.41.